The Kier molecular flexibility index (Phi) is 47.8. The van der Waals surface area contributed by atoms with Crippen LogP contribution in [-0.2, 0) is 19.1 Å². The number of hydrogen-bond donors (Lipinski definition) is 2. The van der Waals surface area contributed by atoms with Gasteiger partial charge in [-0.1, -0.05) is 231 Å². The minimum Gasteiger partial charge on any atom is -0.480 e. The topological polar surface area (TPSA) is 92.7 Å². The molecule has 0 bridgehead atoms. The fourth-order valence-corrected chi connectivity index (χ4v) is 8.20. The van der Waals surface area contributed by atoms with Crippen molar-refractivity contribution in [3.8, 4) is 0 Å². The van der Waals surface area contributed by atoms with Crippen molar-refractivity contribution in [2.75, 3.05) is 6.54 Å². The van der Waals surface area contributed by atoms with Crippen LogP contribution in [0.1, 0.15) is 290 Å². The molecule has 1 atom stereocenters. The zero-order chi connectivity index (χ0) is 43.7. The van der Waals surface area contributed by atoms with Crippen molar-refractivity contribution in [2.45, 2.75) is 296 Å². The third-order valence-corrected chi connectivity index (χ3v) is 12.1. The van der Waals surface area contributed by atoms with Crippen molar-refractivity contribution < 1.29 is 24.2 Å². The molecule has 60 heavy (non-hydrogen) atoms. The Morgan fingerprint density at radius 3 is 1.15 bits per heavy atom. The average Bonchev–Trinajstić information content (AvgIpc) is 3.24. The summed E-state index contributed by atoms with van der Waals surface area (Å²) in [5.74, 6) is -1.21. The van der Waals surface area contributed by atoms with Crippen LogP contribution in [0.25, 0.3) is 0 Å². The molecule has 2 N–H and O–H groups in total. The number of hydrogen-bond acceptors (Lipinski definition) is 4. The van der Waals surface area contributed by atoms with E-state index in [0.29, 0.717) is 12.8 Å². The van der Waals surface area contributed by atoms with E-state index in [9.17, 15) is 14.4 Å². The molecule has 1 unspecified atom stereocenters. The van der Waals surface area contributed by atoms with Gasteiger partial charge in [0.1, 0.15) is 12.6 Å². The first-order valence-corrected chi connectivity index (χ1v) is 26.5. The number of unbranched alkanes of at least 4 members (excludes halogenated alkanes) is 34. The molecular formula is C54H101NO5. The standard InChI is InChI=1S/C54H101NO5/c1-3-5-7-9-11-13-15-17-19-20-21-22-23-24-25-26-28-30-32-34-36-41-45-49-54(59)60-51(47-43-39-37-40-44-48-52(56)55-50-53(57)58)46-42-38-35-33-31-29-27-18-16-14-12-10-8-6-4-2/h15,17,20-21,51H,3-14,16,18-19,22-50H2,1-2H3,(H,55,56)(H,57,58)/b17-15-,21-20-. The van der Waals surface area contributed by atoms with Crippen molar-refractivity contribution >= 4 is 17.8 Å². The highest BCUT2D eigenvalue weighted by Crippen LogP contribution is 2.20. The summed E-state index contributed by atoms with van der Waals surface area (Å²) in [4.78, 5) is 35.2. The number of carbonyl (C=O) groups excluding carboxylic acids is 2. The van der Waals surface area contributed by atoms with Crippen molar-refractivity contribution in [1.82, 2.24) is 5.32 Å². The second-order valence-corrected chi connectivity index (χ2v) is 18.1. The predicted octanol–water partition coefficient (Wildman–Crippen LogP) is 17.0. The van der Waals surface area contributed by atoms with Gasteiger partial charge >= 0.3 is 11.9 Å². The number of ether oxygens (including phenoxy) is 1. The third-order valence-electron chi connectivity index (χ3n) is 12.1. The van der Waals surface area contributed by atoms with E-state index in [1.807, 2.05) is 0 Å². The van der Waals surface area contributed by atoms with E-state index in [1.54, 1.807) is 0 Å². The third kappa shape index (κ3) is 48.6. The Bertz CT molecular complexity index is 977. The molecule has 0 aliphatic rings. The molecule has 352 valence electrons. The minimum atomic E-state index is -1.01. The van der Waals surface area contributed by atoms with Crippen LogP contribution in [0.2, 0.25) is 0 Å². The van der Waals surface area contributed by atoms with Gasteiger partial charge in [0.25, 0.3) is 0 Å². The van der Waals surface area contributed by atoms with E-state index < -0.39 is 5.97 Å². The summed E-state index contributed by atoms with van der Waals surface area (Å²) in [6.07, 6.45) is 61.8. The largest absolute Gasteiger partial charge is 0.480 e. The van der Waals surface area contributed by atoms with Crippen LogP contribution >= 0.6 is 0 Å². The number of carbonyl (C=O) groups is 3. The quantitative estimate of drug-likeness (QED) is 0.0361. The van der Waals surface area contributed by atoms with Crippen molar-refractivity contribution in [1.29, 1.82) is 0 Å². The lowest BCUT2D eigenvalue weighted by atomic mass is 10.0. The smallest absolute Gasteiger partial charge is 0.322 e. The van der Waals surface area contributed by atoms with Gasteiger partial charge < -0.3 is 15.2 Å². The SMILES string of the molecule is CCCCCCC/C=C\C/C=C\CCCCCCCCCCCCCC(=O)OC(CCCCCCCCCCCCCCCCC)CCCCCCCC(=O)NCC(=O)O. The summed E-state index contributed by atoms with van der Waals surface area (Å²) in [7, 11) is 0. The zero-order valence-electron chi connectivity index (χ0n) is 40.1. The van der Waals surface area contributed by atoms with Crippen LogP contribution in [0, 0.1) is 0 Å². The first kappa shape index (κ1) is 57.9. The summed E-state index contributed by atoms with van der Waals surface area (Å²) < 4.78 is 6.08. The molecule has 0 saturated carbocycles. The molecule has 0 aromatic rings. The highest BCUT2D eigenvalue weighted by Gasteiger charge is 2.14. The average molecular weight is 844 g/mol. The summed E-state index contributed by atoms with van der Waals surface area (Å²) in [5, 5.41) is 11.1. The molecule has 0 spiro atoms. The predicted molar refractivity (Wildman–Crippen MR) is 259 cm³/mol. The Morgan fingerprint density at radius 2 is 0.767 bits per heavy atom. The van der Waals surface area contributed by atoms with E-state index in [1.165, 1.54) is 193 Å². The van der Waals surface area contributed by atoms with Gasteiger partial charge in [0.15, 0.2) is 0 Å². The first-order chi connectivity index (χ1) is 29.5. The highest BCUT2D eigenvalue weighted by molar-refractivity contribution is 5.80. The minimum absolute atomic E-state index is 0.0100. The molecule has 0 aliphatic heterocycles. The lowest BCUT2D eigenvalue weighted by Gasteiger charge is -2.18. The molecular weight excluding hydrogens is 743 g/mol. The first-order valence-electron chi connectivity index (χ1n) is 26.5. The van der Waals surface area contributed by atoms with Gasteiger partial charge in [-0.3, -0.25) is 14.4 Å². The van der Waals surface area contributed by atoms with Gasteiger partial charge in [-0.15, -0.1) is 0 Å². The number of rotatable bonds is 49. The van der Waals surface area contributed by atoms with Gasteiger partial charge in [-0.05, 0) is 70.6 Å². The van der Waals surface area contributed by atoms with Crippen LogP contribution in [-0.4, -0.2) is 35.6 Å². The summed E-state index contributed by atoms with van der Waals surface area (Å²) in [5.41, 5.74) is 0. The molecule has 0 rings (SSSR count). The highest BCUT2D eigenvalue weighted by atomic mass is 16.5. The fraction of sp³-hybridized carbons (Fsp3) is 0.870. The molecule has 0 radical (unpaired) electrons. The second-order valence-electron chi connectivity index (χ2n) is 18.1. The number of carboxylic acid groups (broad SMARTS) is 1. The number of esters is 1. The lowest BCUT2D eigenvalue weighted by molar-refractivity contribution is -0.150. The molecule has 0 aliphatic carbocycles. The number of nitrogens with one attached hydrogen (secondary N) is 1. The van der Waals surface area contributed by atoms with Crippen LogP contribution < -0.4 is 5.32 Å². The summed E-state index contributed by atoms with van der Waals surface area (Å²) in [6.45, 7) is 4.25. The van der Waals surface area contributed by atoms with Crippen LogP contribution in [0.4, 0.5) is 0 Å². The Morgan fingerprint density at radius 1 is 0.433 bits per heavy atom. The Hall–Kier alpha value is -2.11. The van der Waals surface area contributed by atoms with Gasteiger partial charge in [-0.25, -0.2) is 0 Å². The molecule has 0 aromatic carbocycles. The number of carboxylic acids is 1. The zero-order valence-corrected chi connectivity index (χ0v) is 40.1. The maximum atomic E-state index is 12.9. The number of aliphatic carboxylic acids is 1. The van der Waals surface area contributed by atoms with Crippen molar-refractivity contribution in [3.63, 3.8) is 0 Å². The fourth-order valence-electron chi connectivity index (χ4n) is 8.20. The van der Waals surface area contributed by atoms with E-state index in [0.717, 1.165) is 70.6 Å². The molecule has 6 heteroatoms. The molecule has 1 amide bonds. The molecule has 0 heterocycles. The van der Waals surface area contributed by atoms with E-state index in [4.69, 9.17) is 9.84 Å². The van der Waals surface area contributed by atoms with Crippen LogP contribution in [0.5, 0.6) is 0 Å². The number of amides is 1. The molecule has 0 saturated heterocycles. The van der Waals surface area contributed by atoms with Crippen LogP contribution in [0.15, 0.2) is 24.3 Å². The monoisotopic (exact) mass is 844 g/mol. The van der Waals surface area contributed by atoms with E-state index in [2.05, 4.69) is 43.5 Å². The maximum absolute atomic E-state index is 12.9. The van der Waals surface area contributed by atoms with Gasteiger partial charge in [0.2, 0.25) is 5.91 Å². The summed E-state index contributed by atoms with van der Waals surface area (Å²) >= 11 is 0. The maximum Gasteiger partial charge on any atom is 0.322 e. The van der Waals surface area contributed by atoms with E-state index in [-0.39, 0.29) is 24.5 Å². The lowest BCUT2D eigenvalue weighted by Crippen LogP contribution is -2.28. The van der Waals surface area contributed by atoms with Gasteiger partial charge in [0.05, 0.1) is 0 Å². The molecule has 0 fully saturated rings. The van der Waals surface area contributed by atoms with Gasteiger partial charge in [0, 0.05) is 12.8 Å². The van der Waals surface area contributed by atoms with Crippen molar-refractivity contribution in [3.05, 3.63) is 24.3 Å². The van der Waals surface area contributed by atoms with Gasteiger partial charge in [-0.2, -0.15) is 0 Å². The Labute approximate surface area is 373 Å². The second kappa shape index (κ2) is 49.5. The molecule has 0 aromatic heterocycles. The summed E-state index contributed by atoms with van der Waals surface area (Å²) in [6, 6.07) is 0. The van der Waals surface area contributed by atoms with Crippen molar-refractivity contribution in [2.24, 2.45) is 0 Å². The van der Waals surface area contributed by atoms with E-state index >= 15 is 0 Å². The number of allylic oxidation sites excluding steroid dienone is 4. The normalized spacial score (nSPS) is 12.2. The van der Waals surface area contributed by atoms with Crippen LogP contribution in [0.3, 0.4) is 0 Å². The Balaban J connectivity index is 4.05. The molecule has 6 nitrogen and oxygen atoms in total.